The Morgan fingerprint density at radius 1 is 1.21 bits per heavy atom. The number of hydrogen-bond acceptors (Lipinski definition) is 6. The topological polar surface area (TPSA) is 67.9 Å². The number of nitrogens with zero attached hydrogens (tertiary/aromatic N) is 3. The van der Waals surface area contributed by atoms with Gasteiger partial charge in [0.05, 0.1) is 29.9 Å². The molecule has 3 aromatic rings. The Morgan fingerprint density at radius 3 is 2.75 bits per heavy atom. The average Bonchev–Trinajstić information content (AvgIpc) is 3.42. The Morgan fingerprint density at radius 2 is 2.07 bits per heavy atom. The molecule has 4 rings (SSSR count). The minimum atomic E-state index is -0.246. The highest BCUT2D eigenvalue weighted by Crippen LogP contribution is 2.34. The van der Waals surface area contributed by atoms with E-state index in [1.54, 1.807) is 19.6 Å². The van der Waals surface area contributed by atoms with Gasteiger partial charge in [0.15, 0.2) is 0 Å². The van der Waals surface area contributed by atoms with Crippen LogP contribution >= 0.6 is 11.8 Å². The number of carbonyl (C=O) groups excluding carboxylic acids is 1. The summed E-state index contributed by atoms with van der Waals surface area (Å²) in [6.45, 7) is 0. The van der Waals surface area contributed by atoms with Crippen LogP contribution in [0, 0.1) is 0 Å². The summed E-state index contributed by atoms with van der Waals surface area (Å²) < 4.78 is 10.8. The zero-order valence-electron chi connectivity index (χ0n) is 15.3. The summed E-state index contributed by atoms with van der Waals surface area (Å²) in [5.41, 5.74) is 1.81. The van der Waals surface area contributed by atoms with E-state index in [0.717, 1.165) is 27.8 Å². The Bertz CT molecular complexity index is 956. The second-order valence-electron chi connectivity index (χ2n) is 6.21. The van der Waals surface area contributed by atoms with Crippen LogP contribution in [0.15, 0.2) is 81.6 Å². The van der Waals surface area contributed by atoms with Crippen molar-refractivity contribution in [3.8, 4) is 5.75 Å². The van der Waals surface area contributed by atoms with E-state index >= 15 is 0 Å². The van der Waals surface area contributed by atoms with Crippen molar-refractivity contribution in [2.24, 2.45) is 5.10 Å². The third kappa shape index (κ3) is 3.94. The molecule has 0 aliphatic carbocycles. The Labute approximate surface area is 167 Å². The molecule has 0 N–H and O–H groups in total. The first-order valence-electron chi connectivity index (χ1n) is 8.86. The van der Waals surface area contributed by atoms with E-state index in [4.69, 9.17) is 9.15 Å². The standard InChI is InChI=1S/C21H19N3O3S/c1-26-16-9-7-15(8-10-16)17-13-18(19-5-4-12-27-19)24(23-17)21(25)14-28-20-6-2-3-11-22-20/h2-12,18H,13-14H2,1H3. The molecular formula is C21H19N3O3S. The van der Waals surface area contributed by atoms with Crippen LogP contribution in [0.1, 0.15) is 23.8 Å². The smallest absolute Gasteiger partial charge is 0.253 e. The maximum atomic E-state index is 12.9. The molecule has 1 aliphatic rings. The van der Waals surface area contributed by atoms with Crippen LogP contribution in [0.5, 0.6) is 5.75 Å². The SMILES string of the molecule is COc1ccc(C2=NN(C(=O)CSc3ccccn3)C(c3ccco3)C2)cc1. The molecule has 0 fully saturated rings. The lowest BCUT2D eigenvalue weighted by molar-refractivity contribution is -0.130. The van der Waals surface area contributed by atoms with Crippen molar-refractivity contribution in [1.82, 2.24) is 9.99 Å². The fraction of sp³-hybridized carbons (Fsp3) is 0.190. The van der Waals surface area contributed by atoms with Crippen LogP contribution in [0.25, 0.3) is 0 Å². The number of thioether (sulfide) groups is 1. The third-order valence-corrected chi connectivity index (χ3v) is 5.37. The summed E-state index contributed by atoms with van der Waals surface area (Å²) in [5.74, 6) is 1.68. The van der Waals surface area contributed by atoms with E-state index < -0.39 is 0 Å². The second kappa shape index (κ2) is 8.31. The quantitative estimate of drug-likeness (QED) is 0.589. The van der Waals surface area contributed by atoms with Gasteiger partial charge in [0.2, 0.25) is 0 Å². The first-order valence-corrected chi connectivity index (χ1v) is 9.84. The first-order chi connectivity index (χ1) is 13.7. The van der Waals surface area contributed by atoms with E-state index in [9.17, 15) is 4.79 Å². The lowest BCUT2D eigenvalue weighted by Gasteiger charge is -2.19. The minimum absolute atomic E-state index is 0.0828. The largest absolute Gasteiger partial charge is 0.497 e. The van der Waals surface area contributed by atoms with Gasteiger partial charge in [0.1, 0.15) is 17.6 Å². The Kier molecular flexibility index (Phi) is 5.43. The molecule has 1 unspecified atom stereocenters. The molecule has 6 nitrogen and oxygen atoms in total. The highest BCUT2D eigenvalue weighted by Gasteiger charge is 2.34. The van der Waals surface area contributed by atoms with Crippen molar-refractivity contribution in [3.63, 3.8) is 0 Å². The van der Waals surface area contributed by atoms with Crippen LogP contribution in [-0.4, -0.2) is 34.5 Å². The lowest BCUT2D eigenvalue weighted by Crippen LogP contribution is -2.28. The molecule has 3 heterocycles. The number of furan rings is 1. The molecule has 2 aromatic heterocycles. The maximum absolute atomic E-state index is 12.9. The fourth-order valence-corrected chi connectivity index (χ4v) is 3.75. The van der Waals surface area contributed by atoms with Crippen molar-refractivity contribution in [1.29, 1.82) is 0 Å². The Hall–Kier alpha value is -3.06. The van der Waals surface area contributed by atoms with Gasteiger partial charge in [-0.15, -0.1) is 0 Å². The van der Waals surface area contributed by atoms with E-state index in [0.29, 0.717) is 6.42 Å². The molecule has 7 heteroatoms. The van der Waals surface area contributed by atoms with Crippen molar-refractivity contribution in [2.45, 2.75) is 17.5 Å². The molecule has 1 atom stereocenters. The van der Waals surface area contributed by atoms with Gasteiger partial charge in [0.25, 0.3) is 5.91 Å². The molecular weight excluding hydrogens is 374 g/mol. The molecule has 0 saturated carbocycles. The number of hydrogen-bond donors (Lipinski definition) is 0. The van der Waals surface area contributed by atoms with Crippen LogP contribution in [0.2, 0.25) is 0 Å². The summed E-state index contributed by atoms with van der Waals surface area (Å²) >= 11 is 1.40. The van der Waals surface area contributed by atoms with Crippen molar-refractivity contribution < 1.29 is 13.9 Å². The zero-order chi connectivity index (χ0) is 19.3. The van der Waals surface area contributed by atoms with Crippen LogP contribution in [0.4, 0.5) is 0 Å². The van der Waals surface area contributed by atoms with Crippen LogP contribution < -0.4 is 4.74 Å². The second-order valence-corrected chi connectivity index (χ2v) is 7.20. The highest BCUT2D eigenvalue weighted by molar-refractivity contribution is 7.99. The summed E-state index contributed by atoms with van der Waals surface area (Å²) in [7, 11) is 1.63. The van der Waals surface area contributed by atoms with E-state index in [-0.39, 0.29) is 17.7 Å². The predicted octanol–water partition coefficient (Wildman–Crippen LogP) is 4.15. The monoisotopic (exact) mass is 393 g/mol. The molecule has 0 bridgehead atoms. The average molecular weight is 393 g/mol. The maximum Gasteiger partial charge on any atom is 0.253 e. The van der Waals surface area contributed by atoms with Gasteiger partial charge < -0.3 is 9.15 Å². The molecule has 0 spiro atoms. The molecule has 0 radical (unpaired) electrons. The molecule has 142 valence electrons. The summed E-state index contributed by atoms with van der Waals surface area (Å²) in [5, 5.41) is 6.97. The van der Waals surface area contributed by atoms with E-state index in [1.807, 2.05) is 54.6 Å². The predicted molar refractivity (Wildman–Crippen MR) is 107 cm³/mol. The van der Waals surface area contributed by atoms with E-state index in [1.165, 1.54) is 16.8 Å². The summed E-state index contributed by atoms with van der Waals surface area (Å²) in [4.78, 5) is 17.2. The van der Waals surface area contributed by atoms with Gasteiger partial charge in [-0.3, -0.25) is 4.79 Å². The van der Waals surface area contributed by atoms with Crippen molar-refractivity contribution in [2.75, 3.05) is 12.9 Å². The van der Waals surface area contributed by atoms with Crippen LogP contribution in [0.3, 0.4) is 0 Å². The van der Waals surface area contributed by atoms with Crippen LogP contribution in [-0.2, 0) is 4.79 Å². The number of ether oxygens (including phenoxy) is 1. The molecule has 1 amide bonds. The Balaban J connectivity index is 1.55. The van der Waals surface area contributed by atoms with Gasteiger partial charge in [-0.1, -0.05) is 17.8 Å². The highest BCUT2D eigenvalue weighted by atomic mass is 32.2. The number of rotatable bonds is 6. The van der Waals surface area contributed by atoms with Crippen molar-refractivity contribution >= 4 is 23.4 Å². The van der Waals surface area contributed by atoms with Gasteiger partial charge in [-0.05, 0) is 54.1 Å². The number of benzene rings is 1. The van der Waals surface area contributed by atoms with Gasteiger partial charge >= 0.3 is 0 Å². The van der Waals surface area contributed by atoms with Gasteiger partial charge in [-0.2, -0.15) is 5.10 Å². The van der Waals surface area contributed by atoms with E-state index in [2.05, 4.69) is 10.1 Å². The first kappa shape index (κ1) is 18.3. The number of amides is 1. The number of hydrazone groups is 1. The van der Waals surface area contributed by atoms with Gasteiger partial charge in [0, 0.05) is 12.6 Å². The third-order valence-electron chi connectivity index (χ3n) is 4.44. The molecule has 1 aliphatic heterocycles. The number of pyridine rings is 1. The fourth-order valence-electron chi connectivity index (χ4n) is 3.04. The van der Waals surface area contributed by atoms with Gasteiger partial charge in [-0.25, -0.2) is 9.99 Å². The molecule has 0 saturated heterocycles. The summed E-state index contributed by atoms with van der Waals surface area (Å²) in [6.07, 6.45) is 3.93. The lowest BCUT2D eigenvalue weighted by atomic mass is 10.0. The summed E-state index contributed by atoms with van der Waals surface area (Å²) in [6, 6.07) is 16.8. The number of aromatic nitrogens is 1. The molecule has 1 aromatic carbocycles. The van der Waals surface area contributed by atoms with Crippen molar-refractivity contribution in [3.05, 3.63) is 78.4 Å². The molecule has 28 heavy (non-hydrogen) atoms. The number of carbonyl (C=O) groups is 1. The zero-order valence-corrected chi connectivity index (χ0v) is 16.1. The minimum Gasteiger partial charge on any atom is -0.497 e. The normalized spacial score (nSPS) is 16.1. The number of methoxy groups -OCH3 is 1.